The molecule has 4 aromatic rings. The normalized spacial score (nSPS) is 18.8. The molecule has 1 aliphatic heterocycles. The largest absolute Gasteiger partial charge is 0.383 e. The standard InChI is InChI=1S/C22H21N5OS2/c1-28-14-13-27-20(19(25-21(27)29)16-8-4-5-11-23-16)17-9-6-12-26(17)22-24-15-7-2-3-10-18(15)30-22/h2-12,19-20H,13-14H2,1H3,(H,25,29)/t19-,20-/m0/s1. The van der Waals surface area contributed by atoms with Gasteiger partial charge in [-0.05, 0) is 48.6 Å². The Bertz CT molecular complexity index is 1140. The number of aromatic nitrogens is 3. The van der Waals surface area contributed by atoms with Crippen molar-refractivity contribution >= 4 is 38.9 Å². The number of thiocarbonyl (C=S) groups is 1. The molecule has 0 saturated carbocycles. The van der Waals surface area contributed by atoms with Crippen LogP contribution < -0.4 is 5.32 Å². The Balaban J connectivity index is 1.60. The monoisotopic (exact) mass is 435 g/mol. The molecule has 30 heavy (non-hydrogen) atoms. The zero-order valence-electron chi connectivity index (χ0n) is 16.4. The fourth-order valence-electron chi connectivity index (χ4n) is 3.93. The van der Waals surface area contributed by atoms with E-state index in [1.54, 1.807) is 18.4 Å². The summed E-state index contributed by atoms with van der Waals surface area (Å²) in [7, 11) is 1.71. The van der Waals surface area contributed by atoms with Gasteiger partial charge in [-0.3, -0.25) is 9.55 Å². The summed E-state index contributed by atoms with van der Waals surface area (Å²) in [5.74, 6) is 0. The molecule has 1 aromatic carbocycles. The topological polar surface area (TPSA) is 55.2 Å². The van der Waals surface area contributed by atoms with Gasteiger partial charge in [0, 0.05) is 26.0 Å². The predicted molar refractivity (Wildman–Crippen MR) is 123 cm³/mol. The zero-order valence-corrected chi connectivity index (χ0v) is 18.1. The van der Waals surface area contributed by atoms with Gasteiger partial charge in [0.1, 0.15) is 0 Å². The van der Waals surface area contributed by atoms with Gasteiger partial charge in [0.15, 0.2) is 10.2 Å². The van der Waals surface area contributed by atoms with E-state index in [2.05, 4.69) is 44.2 Å². The molecule has 8 heteroatoms. The van der Waals surface area contributed by atoms with E-state index < -0.39 is 0 Å². The molecular formula is C22H21N5OS2. The fraction of sp³-hybridized carbons (Fsp3) is 0.227. The Kier molecular flexibility index (Phi) is 5.20. The first-order valence-electron chi connectivity index (χ1n) is 9.76. The van der Waals surface area contributed by atoms with E-state index in [0.29, 0.717) is 18.3 Å². The number of hydrogen-bond donors (Lipinski definition) is 1. The Morgan fingerprint density at radius 2 is 2.00 bits per heavy atom. The molecule has 6 nitrogen and oxygen atoms in total. The van der Waals surface area contributed by atoms with Crippen LogP contribution in [0, 0.1) is 0 Å². The molecule has 0 bridgehead atoms. The van der Waals surface area contributed by atoms with Gasteiger partial charge in [-0.2, -0.15) is 0 Å². The highest BCUT2D eigenvalue weighted by molar-refractivity contribution is 7.80. The van der Waals surface area contributed by atoms with Gasteiger partial charge in [-0.25, -0.2) is 4.98 Å². The maximum absolute atomic E-state index is 5.70. The predicted octanol–water partition coefficient (Wildman–Crippen LogP) is 4.10. The number of benzene rings is 1. The van der Waals surface area contributed by atoms with Crippen molar-refractivity contribution in [1.29, 1.82) is 0 Å². The van der Waals surface area contributed by atoms with Crippen LogP contribution in [0.25, 0.3) is 15.3 Å². The van der Waals surface area contributed by atoms with E-state index >= 15 is 0 Å². The van der Waals surface area contributed by atoms with E-state index in [4.69, 9.17) is 21.9 Å². The number of para-hydroxylation sites is 1. The Labute approximate surface area is 184 Å². The van der Waals surface area contributed by atoms with Crippen molar-refractivity contribution in [1.82, 2.24) is 24.8 Å². The van der Waals surface area contributed by atoms with Gasteiger partial charge in [-0.1, -0.05) is 29.5 Å². The highest BCUT2D eigenvalue weighted by Gasteiger charge is 2.41. The van der Waals surface area contributed by atoms with Gasteiger partial charge < -0.3 is 15.0 Å². The molecule has 1 aliphatic rings. The molecule has 4 heterocycles. The number of pyridine rings is 1. The van der Waals surface area contributed by atoms with Crippen molar-refractivity contribution in [3.8, 4) is 5.13 Å². The molecule has 152 valence electrons. The lowest BCUT2D eigenvalue weighted by molar-refractivity contribution is 0.163. The summed E-state index contributed by atoms with van der Waals surface area (Å²) >= 11 is 7.39. The molecule has 0 amide bonds. The summed E-state index contributed by atoms with van der Waals surface area (Å²) in [4.78, 5) is 11.7. The van der Waals surface area contributed by atoms with Gasteiger partial charge in [-0.15, -0.1) is 0 Å². The fourth-order valence-corrected chi connectivity index (χ4v) is 5.23. The second kappa shape index (κ2) is 8.14. The Morgan fingerprint density at radius 3 is 2.80 bits per heavy atom. The summed E-state index contributed by atoms with van der Waals surface area (Å²) in [6, 6.07) is 18.3. The van der Waals surface area contributed by atoms with Gasteiger partial charge in [0.05, 0.1) is 40.3 Å². The zero-order chi connectivity index (χ0) is 20.5. The summed E-state index contributed by atoms with van der Waals surface area (Å²) in [6.45, 7) is 1.29. The van der Waals surface area contributed by atoms with Crippen LogP contribution in [0.3, 0.4) is 0 Å². The third-order valence-electron chi connectivity index (χ3n) is 5.31. The van der Waals surface area contributed by atoms with Gasteiger partial charge >= 0.3 is 0 Å². The minimum atomic E-state index is -0.0569. The second-order valence-corrected chi connectivity index (χ2v) is 8.48. The summed E-state index contributed by atoms with van der Waals surface area (Å²) in [6.07, 6.45) is 3.89. The van der Waals surface area contributed by atoms with E-state index in [9.17, 15) is 0 Å². The quantitative estimate of drug-likeness (QED) is 0.460. The van der Waals surface area contributed by atoms with E-state index in [-0.39, 0.29) is 12.1 Å². The molecular weight excluding hydrogens is 414 g/mol. The van der Waals surface area contributed by atoms with Gasteiger partial charge in [0.2, 0.25) is 0 Å². The second-order valence-electron chi connectivity index (χ2n) is 7.08. The number of nitrogens with one attached hydrogen (secondary N) is 1. The first kappa shape index (κ1) is 19.2. The number of nitrogens with zero attached hydrogens (tertiary/aromatic N) is 4. The molecule has 2 atom stereocenters. The van der Waals surface area contributed by atoms with Crippen LogP contribution >= 0.6 is 23.6 Å². The van der Waals surface area contributed by atoms with E-state index in [0.717, 1.165) is 22.0 Å². The Hall–Kier alpha value is -2.81. The summed E-state index contributed by atoms with van der Waals surface area (Å²) in [5, 5.41) is 5.14. The third kappa shape index (κ3) is 3.36. The number of ether oxygens (including phenoxy) is 1. The smallest absolute Gasteiger partial charge is 0.194 e. The molecule has 5 rings (SSSR count). The first-order valence-corrected chi connectivity index (χ1v) is 11.0. The summed E-state index contributed by atoms with van der Waals surface area (Å²) in [5.41, 5.74) is 3.09. The van der Waals surface area contributed by atoms with Crippen molar-refractivity contribution in [2.75, 3.05) is 20.3 Å². The van der Waals surface area contributed by atoms with Crippen LogP contribution in [0.2, 0.25) is 0 Å². The van der Waals surface area contributed by atoms with Gasteiger partial charge in [0.25, 0.3) is 0 Å². The molecule has 0 radical (unpaired) electrons. The first-order chi connectivity index (χ1) is 14.8. The minimum absolute atomic E-state index is 0.0236. The third-order valence-corrected chi connectivity index (χ3v) is 6.69. The maximum atomic E-state index is 5.70. The van der Waals surface area contributed by atoms with Crippen LogP contribution in [0.1, 0.15) is 23.5 Å². The number of methoxy groups -OCH3 is 1. The average Bonchev–Trinajstić information content (AvgIpc) is 3.49. The van der Waals surface area contributed by atoms with Crippen molar-refractivity contribution in [3.63, 3.8) is 0 Å². The lowest BCUT2D eigenvalue weighted by atomic mass is 10.0. The molecule has 1 saturated heterocycles. The van der Waals surface area contributed by atoms with Crippen molar-refractivity contribution in [2.45, 2.75) is 12.1 Å². The molecule has 1 N–H and O–H groups in total. The SMILES string of the molecule is COCCN1C(=S)N[C@@H](c2ccccn2)[C@@H]1c1cccn1-c1nc2ccccc2s1. The van der Waals surface area contributed by atoms with Crippen molar-refractivity contribution in [3.05, 3.63) is 78.4 Å². The highest BCUT2D eigenvalue weighted by Crippen LogP contribution is 2.40. The maximum Gasteiger partial charge on any atom is 0.194 e. The van der Waals surface area contributed by atoms with E-state index in [1.165, 1.54) is 4.70 Å². The van der Waals surface area contributed by atoms with Crippen molar-refractivity contribution < 1.29 is 4.74 Å². The molecule has 0 spiro atoms. The van der Waals surface area contributed by atoms with Crippen LogP contribution in [0.15, 0.2) is 67.0 Å². The van der Waals surface area contributed by atoms with Crippen LogP contribution in [-0.4, -0.2) is 44.8 Å². The van der Waals surface area contributed by atoms with Crippen LogP contribution in [0.4, 0.5) is 0 Å². The van der Waals surface area contributed by atoms with Crippen LogP contribution in [0.5, 0.6) is 0 Å². The Morgan fingerprint density at radius 1 is 1.13 bits per heavy atom. The number of rotatable bonds is 6. The van der Waals surface area contributed by atoms with Crippen LogP contribution in [-0.2, 0) is 4.74 Å². The van der Waals surface area contributed by atoms with Crippen molar-refractivity contribution in [2.24, 2.45) is 0 Å². The lowest BCUT2D eigenvalue weighted by Crippen LogP contribution is -2.33. The minimum Gasteiger partial charge on any atom is -0.383 e. The lowest BCUT2D eigenvalue weighted by Gasteiger charge is -2.28. The molecule has 3 aromatic heterocycles. The number of hydrogen-bond acceptors (Lipinski definition) is 5. The van der Waals surface area contributed by atoms with E-state index in [1.807, 2.05) is 42.6 Å². The molecule has 0 unspecified atom stereocenters. The average molecular weight is 436 g/mol. The summed E-state index contributed by atoms with van der Waals surface area (Å²) < 4.78 is 8.69. The highest BCUT2D eigenvalue weighted by atomic mass is 32.1. The number of fused-ring (bicyclic) bond motifs is 1. The molecule has 0 aliphatic carbocycles. The number of thiazole rings is 1. The molecule has 1 fully saturated rings.